The lowest BCUT2D eigenvalue weighted by Gasteiger charge is -2.11. The van der Waals surface area contributed by atoms with Gasteiger partial charge >= 0.3 is 7.82 Å². The van der Waals surface area contributed by atoms with Crippen molar-refractivity contribution in [3.05, 3.63) is 55.1 Å². The van der Waals surface area contributed by atoms with Crippen molar-refractivity contribution in [3.8, 4) is 22.8 Å². The first-order valence-corrected chi connectivity index (χ1v) is 10.2. The SMILES string of the molecule is Cc1c(-c2cc(Br)c(O)c(Br)c2)oc2cc(OP(=O)(O)O)ccc2c1=O. The van der Waals surface area contributed by atoms with Crippen LogP contribution in [0.3, 0.4) is 0 Å². The molecule has 0 amide bonds. The van der Waals surface area contributed by atoms with Gasteiger partial charge in [0.25, 0.3) is 0 Å². The molecule has 0 atom stereocenters. The maximum atomic E-state index is 12.6. The Morgan fingerprint density at radius 1 is 1.12 bits per heavy atom. The molecule has 3 aromatic rings. The second-order valence-corrected chi connectivity index (χ2v) is 8.29. The lowest BCUT2D eigenvalue weighted by molar-refractivity contribution is 0.283. The number of aromatic hydroxyl groups is 1. The first-order valence-electron chi connectivity index (χ1n) is 7.08. The molecule has 0 unspecified atom stereocenters. The average Bonchev–Trinajstić information content (AvgIpc) is 2.54. The summed E-state index contributed by atoms with van der Waals surface area (Å²) in [7, 11) is -4.74. The van der Waals surface area contributed by atoms with Crippen molar-refractivity contribution < 1.29 is 28.4 Å². The molecule has 26 heavy (non-hydrogen) atoms. The van der Waals surface area contributed by atoms with Crippen LogP contribution in [0, 0.1) is 6.92 Å². The van der Waals surface area contributed by atoms with E-state index in [2.05, 4.69) is 36.4 Å². The Morgan fingerprint density at radius 2 is 1.73 bits per heavy atom. The average molecular weight is 506 g/mol. The second-order valence-electron chi connectivity index (χ2n) is 5.41. The highest BCUT2D eigenvalue weighted by Gasteiger charge is 2.19. The smallest absolute Gasteiger partial charge is 0.506 e. The highest BCUT2D eigenvalue weighted by atomic mass is 79.9. The second kappa shape index (κ2) is 6.83. The van der Waals surface area contributed by atoms with E-state index in [0.29, 0.717) is 20.1 Å². The number of hydrogen-bond acceptors (Lipinski definition) is 5. The van der Waals surface area contributed by atoms with Gasteiger partial charge in [0.2, 0.25) is 0 Å². The molecule has 3 rings (SSSR count). The molecule has 0 bridgehead atoms. The summed E-state index contributed by atoms with van der Waals surface area (Å²) < 4.78 is 22.2. The topological polar surface area (TPSA) is 117 Å². The normalized spacial score (nSPS) is 11.7. The number of fused-ring (bicyclic) bond motifs is 1. The van der Waals surface area contributed by atoms with Crippen molar-refractivity contribution in [3.63, 3.8) is 0 Å². The molecule has 0 aliphatic carbocycles. The summed E-state index contributed by atoms with van der Waals surface area (Å²) in [5, 5.41) is 10.1. The summed E-state index contributed by atoms with van der Waals surface area (Å²) in [6.45, 7) is 1.61. The molecule has 2 aromatic carbocycles. The molecular formula is C16H11Br2O7P. The van der Waals surface area contributed by atoms with E-state index in [9.17, 15) is 14.5 Å². The van der Waals surface area contributed by atoms with Gasteiger partial charge in [0.1, 0.15) is 22.8 Å². The van der Waals surface area contributed by atoms with Crippen LogP contribution in [0.25, 0.3) is 22.3 Å². The summed E-state index contributed by atoms with van der Waals surface area (Å²) in [4.78, 5) is 30.5. The van der Waals surface area contributed by atoms with Gasteiger partial charge in [-0.15, -0.1) is 0 Å². The van der Waals surface area contributed by atoms with Crippen molar-refractivity contribution in [1.29, 1.82) is 0 Å². The van der Waals surface area contributed by atoms with Crippen LogP contribution in [0.1, 0.15) is 5.56 Å². The Balaban J connectivity index is 2.25. The summed E-state index contributed by atoms with van der Waals surface area (Å²) in [6, 6.07) is 7.08. The fraction of sp³-hybridized carbons (Fsp3) is 0.0625. The third-order valence-electron chi connectivity index (χ3n) is 3.59. The van der Waals surface area contributed by atoms with Crippen LogP contribution in [0.5, 0.6) is 11.5 Å². The standard InChI is InChI=1S/C16H11Br2O7P/c1-7-14(19)10-3-2-9(25-26(21,22)23)6-13(10)24-16(7)8-4-11(17)15(20)12(18)5-8/h2-6,20H,1H3,(H2,21,22,23). The van der Waals surface area contributed by atoms with Crippen LogP contribution in [0.4, 0.5) is 0 Å². The lowest BCUT2D eigenvalue weighted by atomic mass is 10.1. The molecule has 1 heterocycles. The molecule has 0 aliphatic rings. The fourth-order valence-electron chi connectivity index (χ4n) is 2.43. The molecule has 0 fully saturated rings. The minimum absolute atomic E-state index is 0.00636. The minimum Gasteiger partial charge on any atom is -0.506 e. The van der Waals surface area contributed by atoms with Gasteiger partial charge in [-0.3, -0.25) is 14.6 Å². The molecule has 136 valence electrons. The first-order chi connectivity index (χ1) is 12.1. The van der Waals surface area contributed by atoms with Crippen LogP contribution in [-0.4, -0.2) is 14.9 Å². The lowest BCUT2D eigenvalue weighted by Crippen LogP contribution is -2.07. The minimum atomic E-state index is -4.74. The first kappa shape index (κ1) is 19.1. The molecule has 0 saturated carbocycles. The van der Waals surface area contributed by atoms with Gasteiger partial charge in [-0.1, -0.05) is 0 Å². The third-order valence-corrected chi connectivity index (χ3v) is 5.25. The van der Waals surface area contributed by atoms with E-state index in [-0.39, 0.29) is 33.7 Å². The van der Waals surface area contributed by atoms with Gasteiger partial charge in [0.05, 0.1) is 14.3 Å². The molecule has 10 heteroatoms. The fourth-order valence-corrected chi connectivity index (χ4v) is 4.01. The number of hydrogen-bond donors (Lipinski definition) is 3. The Labute approximate surface area is 163 Å². The van der Waals surface area contributed by atoms with E-state index in [1.807, 2.05) is 0 Å². The van der Waals surface area contributed by atoms with E-state index < -0.39 is 7.82 Å². The molecule has 0 saturated heterocycles. The predicted octanol–water partition coefficient (Wildman–Crippen LogP) is 4.47. The third kappa shape index (κ3) is 3.72. The molecular weight excluding hydrogens is 495 g/mol. The molecule has 0 aliphatic heterocycles. The highest BCUT2D eigenvalue weighted by Crippen LogP contribution is 2.40. The Hall–Kier alpha value is -1.64. The molecule has 0 spiro atoms. The Kier molecular flexibility index (Phi) is 5.02. The zero-order valence-electron chi connectivity index (χ0n) is 13.1. The largest absolute Gasteiger partial charge is 0.524 e. The summed E-state index contributed by atoms with van der Waals surface area (Å²) in [5.74, 6) is 0.140. The zero-order valence-corrected chi connectivity index (χ0v) is 17.1. The van der Waals surface area contributed by atoms with Crippen molar-refractivity contribution in [2.45, 2.75) is 6.92 Å². The number of phenols is 1. The van der Waals surface area contributed by atoms with Gasteiger partial charge in [-0.25, -0.2) is 4.57 Å². The van der Waals surface area contributed by atoms with E-state index in [4.69, 9.17) is 14.2 Å². The quantitative estimate of drug-likeness (QED) is 0.449. The summed E-state index contributed by atoms with van der Waals surface area (Å²) in [5.41, 5.74) is 0.705. The maximum Gasteiger partial charge on any atom is 0.524 e. The van der Waals surface area contributed by atoms with Gasteiger partial charge in [0, 0.05) is 17.2 Å². The number of phosphoric ester groups is 1. The Morgan fingerprint density at radius 3 is 2.31 bits per heavy atom. The molecule has 0 radical (unpaired) electrons. The number of phosphoric acid groups is 1. The zero-order chi connectivity index (χ0) is 19.2. The van der Waals surface area contributed by atoms with Crippen molar-refractivity contribution >= 4 is 50.7 Å². The number of phenolic OH excluding ortho intramolecular Hbond substituents is 1. The van der Waals surface area contributed by atoms with E-state index in [1.54, 1.807) is 19.1 Å². The summed E-state index contributed by atoms with van der Waals surface area (Å²) in [6.07, 6.45) is 0. The molecule has 7 nitrogen and oxygen atoms in total. The Bertz CT molecular complexity index is 1110. The van der Waals surface area contributed by atoms with Crippen LogP contribution in [-0.2, 0) is 4.57 Å². The van der Waals surface area contributed by atoms with Gasteiger partial charge in [-0.05, 0) is 63.0 Å². The van der Waals surface area contributed by atoms with Crippen LogP contribution < -0.4 is 9.95 Å². The summed E-state index contributed by atoms with van der Waals surface area (Å²) >= 11 is 6.45. The van der Waals surface area contributed by atoms with Crippen LogP contribution >= 0.6 is 39.7 Å². The van der Waals surface area contributed by atoms with E-state index in [0.717, 1.165) is 0 Å². The highest BCUT2D eigenvalue weighted by molar-refractivity contribution is 9.11. The number of benzene rings is 2. The van der Waals surface area contributed by atoms with Crippen LogP contribution in [0.15, 0.2) is 48.5 Å². The van der Waals surface area contributed by atoms with Gasteiger partial charge < -0.3 is 14.0 Å². The van der Waals surface area contributed by atoms with E-state index in [1.165, 1.54) is 18.2 Å². The monoisotopic (exact) mass is 504 g/mol. The number of halogens is 2. The molecule has 3 N–H and O–H groups in total. The van der Waals surface area contributed by atoms with Gasteiger partial charge in [-0.2, -0.15) is 0 Å². The van der Waals surface area contributed by atoms with Crippen molar-refractivity contribution in [2.24, 2.45) is 0 Å². The number of rotatable bonds is 3. The molecule has 1 aromatic heterocycles. The van der Waals surface area contributed by atoms with E-state index >= 15 is 0 Å². The van der Waals surface area contributed by atoms with Crippen molar-refractivity contribution in [1.82, 2.24) is 0 Å². The maximum absolute atomic E-state index is 12.6. The predicted molar refractivity (Wildman–Crippen MR) is 102 cm³/mol. The van der Waals surface area contributed by atoms with Crippen molar-refractivity contribution in [2.75, 3.05) is 0 Å². The van der Waals surface area contributed by atoms with Crippen LogP contribution in [0.2, 0.25) is 0 Å². The van der Waals surface area contributed by atoms with Gasteiger partial charge in [0.15, 0.2) is 5.43 Å².